The molecule has 0 spiro atoms. The summed E-state index contributed by atoms with van der Waals surface area (Å²) in [7, 11) is 3.68. The van der Waals surface area contributed by atoms with Crippen LogP contribution in [0.3, 0.4) is 0 Å². The number of likely N-dealkylation sites (N-methyl/N-ethyl adjacent to an activating group) is 1. The molecule has 0 fully saturated rings. The van der Waals surface area contributed by atoms with E-state index < -0.39 is 0 Å². The molecule has 1 amide bonds. The molecule has 1 rings (SSSR count). The monoisotopic (exact) mass is 237 g/mol. The number of nitrogens with zero attached hydrogens (tertiary/aromatic N) is 1. The summed E-state index contributed by atoms with van der Waals surface area (Å²) in [6, 6.07) is 7.18. The molecule has 0 radical (unpaired) electrons. The maximum absolute atomic E-state index is 11.5. The van der Waals surface area contributed by atoms with E-state index in [-0.39, 0.29) is 5.91 Å². The van der Waals surface area contributed by atoms with Crippen molar-refractivity contribution in [1.82, 2.24) is 4.90 Å². The van der Waals surface area contributed by atoms with Crippen LogP contribution in [0.4, 0.5) is 5.69 Å². The van der Waals surface area contributed by atoms with Crippen LogP contribution in [-0.2, 0) is 4.79 Å². The Morgan fingerprint density at radius 2 is 2.19 bits per heavy atom. The Kier molecular flexibility index (Phi) is 4.39. The summed E-state index contributed by atoms with van der Waals surface area (Å²) in [4.78, 5) is 13.6. The van der Waals surface area contributed by atoms with Crippen LogP contribution < -0.4 is 11.1 Å². The molecular weight excluding hydrogens is 222 g/mol. The van der Waals surface area contributed by atoms with Crippen LogP contribution in [0.5, 0.6) is 0 Å². The van der Waals surface area contributed by atoms with E-state index in [1.165, 1.54) is 0 Å². The number of hydrogen-bond acceptors (Lipinski definition) is 3. The zero-order valence-electron chi connectivity index (χ0n) is 9.36. The molecule has 4 nitrogen and oxygen atoms in total. The normalized spacial score (nSPS) is 10.2. The zero-order chi connectivity index (χ0) is 12.1. The highest BCUT2D eigenvalue weighted by Crippen LogP contribution is 2.10. The fraction of sp³-hybridized carbons (Fsp3) is 0.273. The number of thiocarbonyl (C=S) groups is 1. The second-order valence-electron chi connectivity index (χ2n) is 3.73. The predicted octanol–water partition coefficient (Wildman–Crippen LogP) is 0.821. The molecule has 1 aromatic rings. The second-order valence-corrected chi connectivity index (χ2v) is 4.17. The van der Waals surface area contributed by atoms with Crippen molar-refractivity contribution in [2.45, 2.75) is 0 Å². The van der Waals surface area contributed by atoms with Gasteiger partial charge in [0.05, 0.1) is 6.54 Å². The van der Waals surface area contributed by atoms with Crippen LogP contribution in [0.2, 0.25) is 0 Å². The van der Waals surface area contributed by atoms with Crippen molar-refractivity contribution in [3.8, 4) is 0 Å². The van der Waals surface area contributed by atoms with Gasteiger partial charge in [-0.3, -0.25) is 4.79 Å². The zero-order valence-corrected chi connectivity index (χ0v) is 10.2. The quantitative estimate of drug-likeness (QED) is 0.761. The molecule has 3 N–H and O–H groups in total. The molecular formula is C11H15N3OS. The number of nitrogens with one attached hydrogen (secondary N) is 1. The number of nitrogens with two attached hydrogens (primary N) is 1. The Labute approximate surface area is 100 Å². The first kappa shape index (κ1) is 12.6. The number of benzene rings is 1. The van der Waals surface area contributed by atoms with Gasteiger partial charge in [-0.05, 0) is 26.2 Å². The number of anilines is 1. The first-order chi connectivity index (χ1) is 7.49. The summed E-state index contributed by atoms with van der Waals surface area (Å²) in [5.74, 6) is -0.0647. The van der Waals surface area contributed by atoms with E-state index in [9.17, 15) is 4.79 Å². The summed E-state index contributed by atoms with van der Waals surface area (Å²) in [5, 5.41) is 2.77. The molecule has 0 heterocycles. The van der Waals surface area contributed by atoms with E-state index in [1.54, 1.807) is 23.1 Å². The van der Waals surface area contributed by atoms with Gasteiger partial charge in [-0.2, -0.15) is 0 Å². The first-order valence-electron chi connectivity index (χ1n) is 4.83. The average molecular weight is 237 g/mol. The number of carbonyl (C=O) groups is 1. The lowest BCUT2D eigenvalue weighted by atomic mass is 10.2. The first-order valence-corrected chi connectivity index (χ1v) is 5.24. The Morgan fingerprint density at radius 3 is 2.75 bits per heavy atom. The van der Waals surface area contributed by atoms with E-state index in [0.29, 0.717) is 17.2 Å². The van der Waals surface area contributed by atoms with Crippen LogP contribution in [0, 0.1) is 0 Å². The van der Waals surface area contributed by atoms with Crippen molar-refractivity contribution in [2.75, 3.05) is 26.0 Å². The molecule has 1 aromatic carbocycles. The van der Waals surface area contributed by atoms with Gasteiger partial charge in [-0.15, -0.1) is 0 Å². The number of rotatable bonds is 4. The number of hydrogen-bond donors (Lipinski definition) is 2. The fourth-order valence-corrected chi connectivity index (χ4v) is 1.36. The van der Waals surface area contributed by atoms with Crippen molar-refractivity contribution in [3.63, 3.8) is 0 Å². The van der Waals surface area contributed by atoms with Crippen molar-refractivity contribution in [1.29, 1.82) is 0 Å². The van der Waals surface area contributed by atoms with Gasteiger partial charge < -0.3 is 16.0 Å². The lowest BCUT2D eigenvalue weighted by Crippen LogP contribution is -2.27. The smallest absolute Gasteiger partial charge is 0.238 e. The van der Waals surface area contributed by atoms with Gasteiger partial charge in [0.25, 0.3) is 0 Å². The van der Waals surface area contributed by atoms with E-state index >= 15 is 0 Å². The van der Waals surface area contributed by atoms with Gasteiger partial charge >= 0.3 is 0 Å². The lowest BCUT2D eigenvalue weighted by molar-refractivity contribution is -0.116. The van der Waals surface area contributed by atoms with E-state index in [2.05, 4.69) is 5.32 Å². The highest BCUT2D eigenvalue weighted by molar-refractivity contribution is 7.80. The minimum absolute atomic E-state index is 0.0647. The molecule has 0 bridgehead atoms. The van der Waals surface area contributed by atoms with Crippen LogP contribution in [0.25, 0.3) is 0 Å². The van der Waals surface area contributed by atoms with E-state index in [1.807, 2.05) is 20.2 Å². The van der Waals surface area contributed by atoms with Crippen molar-refractivity contribution < 1.29 is 4.79 Å². The van der Waals surface area contributed by atoms with Crippen molar-refractivity contribution >= 4 is 28.8 Å². The molecule has 0 saturated carbocycles. The molecule has 0 aliphatic carbocycles. The molecule has 16 heavy (non-hydrogen) atoms. The van der Waals surface area contributed by atoms with Gasteiger partial charge in [0.1, 0.15) is 4.99 Å². The van der Waals surface area contributed by atoms with Gasteiger partial charge in [0.2, 0.25) is 5.91 Å². The minimum atomic E-state index is -0.0647. The highest BCUT2D eigenvalue weighted by Gasteiger charge is 2.04. The lowest BCUT2D eigenvalue weighted by Gasteiger charge is -2.10. The minimum Gasteiger partial charge on any atom is -0.389 e. The standard InChI is InChI=1S/C11H15N3OS/c1-14(2)7-10(15)13-9-5-3-4-8(6-9)11(12)16/h3-6H,7H2,1-2H3,(H2,12,16)(H,13,15). The summed E-state index contributed by atoms with van der Waals surface area (Å²) in [5.41, 5.74) is 6.96. The van der Waals surface area contributed by atoms with Crippen molar-refractivity contribution in [3.05, 3.63) is 29.8 Å². The maximum atomic E-state index is 11.5. The molecule has 0 aliphatic rings. The van der Waals surface area contributed by atoms with Gasteiger partial charge in [0.15, 0.2) is 0 Å². The molecule has 0 aliphatic heterocycles. The third-order valence-electron chi connectivity index (χ3n) is 1.89. The summed E-state index contributed by atoms with van der Waals surface area (Å²) >= 11 is 4.86. The highest BCUT2D eigenvalue weighted by atomic mass is 32.1. The third kappa shape index (κ3) is 3.96. The van der Waals surface area contributed by atoms with Gasteiger partial charge in [-0.1, -0.05) is 24.4 Å². The third-order valence-corrected chi connectivity index (χ3v) is 2.13. The second kappa shape index (κ2) is 5.58. The Bertz CT molecular complexity index is 404. The topological polar surface area (TPSA) is 58.4 Å². The molecule has 0 aromatic heterocycles. The summed E-state index contributed by atoms with van der Waals surface area (Å²) < 4.78 is 0. The molecule has 0 atom stereocenters. The number of amides is 1. The molecule has 5 heteroatoms. The summed E-state index contributed by atoms with van der Waals surface area (Å²) in [6.45, 7) is 0.345. The van der Waals surface area contributed by atoms with Crippen LogP contribution in [0.1, 0.15) is 5.56 Å². The largest absolute Gasteiger partial charge is 0.389 e. The van der Waals surface area contributed by atoms with Crippen LogP contribution >= 0.6 is 12.2 Å². The Hall–Kier alpha value is -1.46. The SMILES string of the molecule is CN(C)CC(=O)Nc1cccc(C(N)=S)c1. The summed E-state index contributed by atoms with van der Waals surface area (Å²) in [6.07, 6.45) is 0. The van der Waals surface area contributed by atoms with Crippen LogP contribution in [-0.4, -0.2) is 36.4 Å². The van der Waals surface area contributed by atoms with Gasteiger partial charge in [-0.25, -0.2) is 0 Å². The van der Waals surface area contributed by atoms with Gasteiger partial charge in [0, 0.05) is 11.3 Å². The molecule has 0 saturated heterocycles. The average Bonchev–Trinajstić information content (AvgIpc) is 2.16. The molecule has 86 valence electrons. The fourth-order valence-electron chi connectivity index (χ4n) is 1.24. The predicted molar refractivity (Wildman–Crippen MR) is 69.5 cm³/mol. The number of carbonyl (C=O) groups excluding carboxylic acids is 1. The Balaban J connectivity index is 2.70. The van der Waals surface area contributed by atoms with E-state index in [4.69, 9.17) is 18.0 Å². The van der Waals surface area contributed by atoms with E-state index in [0.717, 1.165) is 5.56 Å². The van der Waals surface area contributed by atoms with Crippen LogP contribution in [0.15, 0.2) is 24.3 Å². The maximum Gasteiger partial charge on any atom is 0.238 e. The molecule has 0 unspecified atom stereocenters. The Morgan fingerprint density at radius 1 is 1.50 bits per heavy atom. The van der Waals surface area contributed by atoms with Crippen molar-refractivity contribution in [2.24, 2.45) is 5.73 Å².